The predicted molar refractivity (Wildman–Crippen MR) is 84.3 cm³/mol. The van der Waals surface area contributed by atoms with Crippen molar-refractivity contribution in [1.82, 2.24) is 5.32 Å². The smallest absolute Gasteiger partial charge is 0.258 e. The minimum atomic E-state index is -0.687. The number of nitrogens with one attached hydrogen (secondary N) is 1. The van der Waals surface area contributed by atoms with E-state index in [1.807, 2.05) is 26.0 Å². The van der Waals surface area contributed by atoms with Crippen LogP contribution in [0.3, 0.4) is 0 Å². The third-order valence-electron chi connectivity index (χ3n) is 3.65. The molecule has 1 unspecified atom stereocenters. The van der Waals surface area contributed by atoms with E-state index in [9.17, 15) is 13.6 Å². The zero-order chi connectivity index (χ0) is 17.0. The van der Waals surface area contributed by atoms with Gasteiger partial charge in [-0.3, -0.25) is 4.79 Å². The minimum absolute atomic E-state index is 0.171. The van der Waals surface area contributed by atoms with Gasteiger partial charge in [-0.15, -0.1) is 0 Å². The number of rotatable bonds is 5. The Labute approximate surface area is 134 Å². The molecule has 1 N–H and O–H groups in total. The molecule has 5 heteroatoms. The van der Waals surface area contributed by atoms with E-state index in [0.29, 0.717) is 5.75 Å². The molecule has 122 valence electrons. The van der Waals surface area contributed by atoms with Crippen LogP contribution in [0.2, 0.25) is 0 Å². The van der Waals surface area contributed by atoms with Gasteiger partial charge in [-0.1, -0.05) is 12.1 Å². The molecule has 2 aromatic rings. The molecule has 0 aliphatic rings. The molecule has 1 amide bonds. The fraction of sp³-hybridized carbons (Fsp3) is 0.278. The quantitative estimate of drug-likeness (QED) is 0.909. The summed E-state index contributed by atoms with van der Waals surface area (Å²) in [6.07, 6.45) is 0. The maximum absolute atomic E-state index is 13.7. The summed E-state index contributed by atoms with van der Waals surface area (Å²) in [6.45, 7) is 5.41. The highest BCUT2D eigenvalue weighted by atomic mass is 19.1. The fourth-order valence-corrected chi connectivity index (χ4v) is 2.17. The summed E-state index contributed by atoms with van der Waals surface area (Å²) >= 11 is 0. The van der Waals surface area contributed by atoms with Crippen LogP contribution in [0.5, 0.6) is 5.75 Å². The van der Waals surface area contributed by atoms with Crippen LogP contribution in [-0.2, 0) is 4.79 Å². The molecule has 2 aromatic carbocycles. The molecule has 0 heterocycles. The summed E-state index contributed by atoms with van der Waals surface area (Å²) in [5.41, 5.74) is 2.44. The summed E-state index contributed by atoms with van der Waals surface area (Å²) in [5, 5.41) is 2.63. The van der Waals surface area contributed by atoms with Gasteiger partial charge in [0.05, 0.1) is 6.04 Å². The third kappa shape index (κ3) is 4.52. The molecule has 23 heavy (non-hydrogen) atoms. The monoisotopic (exact) mass is 319 g/mol. The number of carbonyl (C=O) groups excluding carboxylic acids is 1. The molecule has 0 spiro atoms. The molecule has 0 saturated heterocycles. The maximum Gasteiger partial charge on any atom is 0.258 e. The highest BCUT2D eigenvalue weighted by molar-refractivity contribution is 5.78. The lowest BCUT2D eigenvalue weighted by Gasteiger charge is -2.15. The van der Waals surface area contributed by atoms with Crippen molar-refractivity contribution in [2.24, 2.45) is 0 Å². The number of benzene rings is 2. The van der Waals surface area contributed by atoms with Gasteiger partial charge in [-0.05, 0) is 50.1 Å². The van der Waals surface area contributed by atoms with Gasteiger partial charge in [0.25, 0.3) is 5.91 Å². The largest absolute Gasteiger partial charge is 0.484 e. The van der Waals surface area contributed by atoms with Crippen molar-refractivity contribution in [3.05, 3.63) is 64.7 Å². The Balaban J connectivity index is 1.92. The molecule has 3 nitrogen and oxygen atoms in total. The van der Waals surface area contributed by atoms with E-state index in [1.165, 1.54) is 6.07 Å². The average molecular weight is 319 g/mol. The number of hydrogen-bond donors (Lipinski definition) is 1. The summed E-state index contributed by atoms with van der Waals surface area (Å²) in [7, 11) is 0. The second-order valence-electron chi connectivity index (χ2n) is 5.49. The molecule has 1 atom stereocenters. The normalized spacial score (nSPS) is 11.9. The molecular formula is C18H19F2NO2. The predicted octanol–water partition coefficient (Wildman–Crippen LogP) is 3.84. The van der Waals surface area contributed by atoms with Crippen molar-refractivity contribution >= 4 is 5.91 Å². The van der Waals surface area contributed by atoms with Crippen molar-refractivity contribution in [3.8, 4) is 5.75 Å². The Morgan fingerprint density at radius 1 is 1.13 bits per heavy atom. The summed E-state index contributed by atoms with van der Waals surface area (Å²) in [5.74, 6) is -1.11. The van der Waals surface area contributed by atoms with Crippen LogP contribution >= 0.6 is 0 Å². The van der Waals surface area contributed by atoms with E-state index in [4.69, 9.17) is 4.74 Å². The zero-order valence-electron chi connectivity index (χ0n) is 13.3. The van der Waals surface area contributed by atoms with Gasteiger partial charge in [0.15, 0.2) is 6.61 Å². The van der Waals surface area contributed by atoms with Crippen LogP contribution in [0.1, 0.15) is 29.7 Å². The summed E-state index contributed by atoms with van der Waals surface area (Å²) in [6, 6.07) is 8.26. The van der Waals surface area contributed by atoms with E-state index in [-0.39, 0.29) is 18.1 Å². The Bertz CT molecular complexity index is 716. The third-order valence-corrected chi connectivity index (χ3v) is 3.65. The second kappa shape index (κ2) is 7.22. The van der Waals surface area contributed by atoms with Crippen LogP contribution in [0.4, 0.5) is 8.78 Å². The van der Waals surface area contributed by atoms with Crippen molar-refractivity contribution in [2.75, 3.05) is 6.61 Å². The van der Waals surface area contributed by atoms with Gasteiger partial charge in [0.1, 0.15) is 17.4 Å². The number of aryl methyl sites for hydroxylation is 2. The van der Waals surface area contributed by atoms with Crippen LogP contribution < -0.4 is 10.1 Å². The topological polar surface area (TPSA) is 38.3 Å². The molecular weight excluding hydrogens is 300 g/mol. The molecule has 0 aromatic heterocycles. The van der Waals surface area contributed by atoms with Crippen LogP contribution in [0.25, 0.3) is 0 Å². The summed E-state index contributed by atoms with van der Waals surface area (Å²) in [4.78, 5) is 11.9. The second-order valence-corrected chi connectivity index (χ2v) is 5.49. The van der Waals surface area contributed by atoms with Gasteiger partial charge in [-0.2, -0.15) is 0 Å². The Hall–Kier alpha value is -2.43. The van der Waals surface area contributed by atoms with Crippen LogP contribution in [-0.4, -0.2) is 12.5 Å². The Kier molecular flexibility index (Phi) is 5.32. The lowest BCUT2D eigenvalue weighted by molar-refractivity contribution is -0.123. The van der Waals surface area contributed by atoms with Crippen molar-refractivity contribution in [3.63, 3.8) is 0 Å². The number of halogens is 2. The fourth-order valence-electron chi connectivity index (χ4n) is 2.17. The average Bonchev–Trinajstić information content (AvgIpc) is 2.48. The van der Waals surface area contributed by atoms with Gasteiger partial charge >= 0.3 is 0 Å². The first-order valence-corrected chi connectivity index (χ1v) is 7.31. The van der Waals surface area contributed by atoms with E-state index in [0.717, 1.165) is 23.3 Å². The molecule has 2 rings (SSSR count). The first kappa shape index (κ1) is 16.9. The lowest BCUT2D eigenvalue weighted by Crippen LogP contribution is -2.31. The zero-order valence-corrected chi connectivity index (χ0v) is 13.3. The lowest BCUT2D eigenvalue weighted by atomic mass is 10.1. The molecule has 0 aliphatic carbocycles. The first-order chi connectivity index (χ1) is 10.9. The molecule has 0 saturated carbocycles. The highest BCUT2D eigenvalue weighted by Crippen LogP contribution is 2.18. The Morgan fingerprint density at radius 2 is 1.87 bits per heavy atom. The molecule has 0 aliphatic heterocycles. The van der Waals surface area contributed by atoms with E-state index in [2.05, 4.69) is 5.32 Å². The highest BCUT2D eigenvalue weighted by Gasteiger charge is 2.14. The van der Waals surface area contributed by atoms with Gasteiger partial charge in [0, 0.05) is 11.6 Å². The SMILES string of the molecule is Cc1ccc(OCC(=O)NC(C)c2ccc(F)cc2F)cc1C. The Morgan fingerprint density at radius 3 is 2.52 bits per heavy atom. The van der Waals surface area contributed by atoms with E-state index in [1.54, 1.807) is 13.0 Å². The maximum atomic E-state index is 13.7. The van der Waals surface area contributed by atoms with Crippen molar-refractivity contribution in [2.45, 2.75) is 26.8 Å². The standard InChI is InChI=1S/C18H19F2NO2/c1-11-4-6-15(8-12(11)2)23-10-18(22)21-13(3)16-7-5-14(19)9-17(16)20/h4-9,13H,10H2,1-3H3,(H,21,22). The van der Waals surface area contributed by atoms with Crippen molar-refractivity contribution in [1.29, 1.82) is 0 Å². The summed E-state index contributed by atoms with van der Waals surface area (Å²) < 4.78 is 32.0. The van der Waals surface area contributed by atoms with Crippen LogP contribution in [0, 0.1) is 25.5 Å². The number of hydrogen-bond acceptors (Lipinski definition) is 2. The van der Waals surface area contributed by atoms with Crippen molar-refractivity contribution < 1.29 is 18.3 Å². The van der Waals surface area contributed by atoms with E-state index < -0.39 is 17.7 Å². The molecule has 0 bridgehead atoms. The van der Waals surface area contributed by atoms with E-state index >= 15 is 0 Å². The van der Waals surface area contributed by atoms with Gasteiger partial charge in [-0.25, -0.2) is 8.78 Å². The minimum Gasteiger partial charge on any atom is -0.484 e. The number of carbonyl (C=O) groups is 1. The number of amides is 1. The van der Waals surface area contributed by atoms with Gasteiger partial charge < -0.3 is 10.1 Å². The van der Waals surface area contributed by atoms with Gasteiger partial charge in [0.2, 0.25) is 0 Å². The number of ether oxygens (including phenoxy) is 1. The molecule has 0 fully saturated rings. The van der Waals surface area contributed by atoms with Crippen LogP contribution in [0.15, 0.2) is 36.4 Å². The molecule has 0 radical (unpaired) electrons. The first-order valence-electron chi connectivity index (χ1n) is 7.31.